The molecule has 2 rings (SSSR count). The highest BCUT2D eigenvalue weighted by Crippen LogP contribution is 2.23. The van der Waals surface area contributed by atoms with Gasteiger partial charge >= 0.3 is 0 Å². The van der Waals surface area contributed by atoms with Crippen molar-refractivity contribution in [2.45, 2.75) is 0 Å². The minimum absolute atomic E-state index is 0.188. The Hall–Kier alpha value is -1.10. The van der Waals surface area contributed by atoms with Gasteiger partial charge in [0.1, 0.15) is 12.4 Å². The van der Waals surface area contributed by atoms with E-state index in [-0.39, 0.29) is 10.3 Å². The summed E-state index contributed by atoms with van der Waals surface area (Å²) in [5.74, 6) is 0.697. The molecule has 1 aromatic carbocycles. The van der Waals surface area contributed by atoms with Crippen LogP contribution in [0.1, 0.15) is 0 Å². The van der Waals surface area contributed by atoms with Crippen molar-refractivity contribution in [3.63, 3.8) is 0 Å². The predicted molar refractivity (Wildman–Crippen MR) is 66.9 cm³/mol. The molecule has 0 aliphatic heterocycles. The van der Waals surface area contributed by atoms with E-state index in [4.69, 9.17) is 32.7 Å². The highest BCUT2D eigenvalue weighted by Gasteiger charge is 2.05. The lowest BCUT2D eigenvalue weighted by Gasteiger charge is -2.06. The van der Waals surface area contributed by atoms with Crippen LogP contribution in [0.25, 0.3) is 11.0 Å². The van der Waals surface area contributed by atoms with Gasteiger partial charge in [0, 0.05) is 13.2 Å². The normalized spacial score (nSPS) is 10.8. The number of halogens is 2. The summed E-state index contributed by atoms with van der Waals surface area (Å²) in [6.45, 7) is 1.02. The first-order valence-corrected chi connectivity index (χ1v) is 5.71. The van der Waals surface area contributed by atoms with Crippen LogP contribution >= 0.6 is 23.2 Å². The number of rotatable bonds is 4. The zero-order chi connectivity index (χ0) is 12.3. The van der Waals surface area contributed by atoms with Gasteiger partial charge in [0.2, 0.25) is 0 Å². The molecule has 0 aliphatic carbocycles. The number of hydrogen-bond donors (Lipinski definition) is 0. The third-order valence-electron chi connectivity index (χ3n) is 2.11. The minimum Gasteiger partial charge on any atom is -0.491 e. The van der Waals surface area contributed by atoms with Crippen LogP contribution in [0.2, 0.25) is 10.3 Å². The molecule has 0 unspecified atom stereocenters. The number of nitrogens with zero attached hydrogens (tertiary/aromatic N) is 2. The lowest BCUT2D eigenvalue weighted by Crippen LogP contribution is -2.04. The number of methoxy groups -OCH3 is 1. The standard InChI is InChI=1S/C11H10Cl2N2O2/c1-16-4-5-17-7-2-3-8-9(6-7)15-11(13)10(12)14-8/h2-3,6H,4-5H2,1H3. The second kappa shape index (κ2) is 5.49. The van der Waals surface area contributed by atoms with Crippen LogP contribution in [0.15, 0.2) is 18.2 Å². The van der Waals surface area contributed by atoms with Crippen molar-refractivity contribution < 1.29 is 9.47 Å². The van der Waals surface area contributed by atoms with E-state index in [2.05, 4.69) is 9.97 Å². The van der Waals surface area contributed by atoms with Crippen molar-refractivity contribution in [2.75, 3.05) is 20.3 Å². The minimum atomic E-state index is 0.188. The molecule has 0 saturated carbocycles. The Bertz CT molecular complexity index is 534. The summed E-state index contributed by atoms with van der Waals surface area (Å²) in [6.07, 6.45) is 0. The molecular formula is C11H10Cl2N2O2. The van der Waals surface area contributed by atoms with Crippen molar-refractivity contribution in [1.82, 2.24) is 9.97 Å². The molecule has 1 heterocycles. The molecule has 0 N–H and O–H groups in total. The summed E-state index contributed by atoms with van der Waals surface area (Å²) < 4.78 is 10.4. The van der Waals surface area contributed by atoms with Gasteiger partial charge in [0.05, 0.1) is 17.6 Å². The third-order valence-corrected chi connectivity index (χ3v) is 2.73. The summed E-state index contributed by atoms with van der Waals surface area (Å²) >= 11 is 11.6. The summed E-state index contributed by atoms with van der Waals surface area (Å²) in [4.78, 5) is 8.23. The maximum Gasteiger partial charge on any atom is 0.167 e. The summed E-state index contributed by atoms with van der Waals surface area (Å²) in [6, 6.07) is 5.35. The van der Waals surface area contributed by atoms with E-state index in [0.29, 0.717) is 30.0 Å². The van der Waals surface area contributed by atoms with Gasteiger partial charge in [0.25, 0.3) is 0 Å². The van der Waals surface area contributed by atoms with Crippen LogP contribution in [0.3, 0.4) is 0 Å². The first-order chi connectivity index (χ1) is 8.20. The lowest BCUT2D eigenvalue weighted by molar-refractivity contribution is 0.146. The van der Waals surface area contributed by atoms with Crippen molar-refractivity contribution in [3.05, 3.63) is 28.5 Å². The molecule has 0 atom stereocenters. The summed E-state index contributed by atoms with van der Waals surface area (Å²) in [7, 11) is 1.62. The van der Waals surface area contributed by atoms with Crippen LogP contribution in [0, 0.1) is 0 Å². The Morgan fingerprint density at radius 2 is 1.76 bits per heavy atom. The summed E-state index contributed by atoms with van der Waals surface area (Å²) in [5, 5.41) is 0.389. The molecule has 0 spiro atoms. The summed E-state index contributed by atoms with van der Waals surface area (Å²) in [5.41, 5.74) is 1.33. The largest absolute Gasteiger partial charge is 0.491 e. The second-order valence-corrected chi connectivity index (χ2v) is 4.01. The van der Waals surface area contributed by atoms with Crippen molar-refractivity contribution in [3.8, 4) is 5.75 Å². The maximum atomic E-state index is 5.80. The van der Waals surface area contributed by atoms with Crippen molar-refractivity contribution in [2.24, 2.45) is 0 Å². The van der Waals surface area contributed by atoms with E-state index >= 15 is 0 Å². The second-order valence-electron chi connectivity index (χ2n) is 3.30. The average Bonchev–Trinajstić information content (AvgIpc) is 2.31. The van der Waals surface area contributed by atoms with Crippen LogP contribution in [0.5, 0.6) is 5.75 Å². The van der Waals surface area contributed by atoms with E-state index in [1.807, 2.05) is 0 Å². The van der Waals surface area contributed by atoms with Gasteiger partial charge in [-0.2, -0.15) is 0 Å². The van der Waals surface area contributed by atoms with Crippen LogP contribution in [0.4, 0.5) is 0 Å². The van der Waals surface area contributed by atoms with E-state index in [1.165, 1.54) is 0 Å². The lowest BCUT2D eigenvalue weighted by atomic mass is 10.3. The molecule has 0 amide bonds. The fourth-order valence-corrected chi connectivity index (χ4v) is 1.59. The van der Waals surface area contributed by atoms with E-state index in [9.17, 15) is 0 Å². The van der Waals surface area contributed by atoms with Gasteiger partial charge in [-0.05, 0) is 12.1 Å². The maximum absolute atomic E-state index is 5.80. The molecule has 2 aromatic rings. The van der Waals surface area contributed by atoms with Crippen LogP contribution in [-0.4, -0.2) is 30.3 Å². The third kappa shape index (κ3) is 2.97. The SMILES string of the molecule is COCCOc1ccc2nc(Cl)c(Cl)nc2c1. The number of hydrogen-bond acceptors (Lipinski definition) is 4. The first kappa shape index (κ1) is 12.4. The van der Waals surface area contributed by atoms with E-state index in [1.54, 1.807) is 25.3 Å². The first-order valence-electron chi connectivity index (χ1n) is 4.95. The van der Waals surface area contributed by atoms with Gasteiger partial charge in [-0.15, -0.1) is 0 Å². The topological polar surface area (TPSA) is 44.2 Å². The van der Waals surface area contributed by atoms with Gasteiger partial charge in [-0.25, -0.2) is 9.97 Å². The molecule has 0 aliphatic rings. The van der Waals surface area contributed by atoms with Gasteiger partial charge in [-0.3, -0.25) is 0 Å². The number of aromatic nitrogens is 2. The molecule has 4 nitrogen and oxygen atoms in total. The monoisotopic (exact) mass is 272 g/mol. The Kier molecular flexibility index (Phi) is 3.99. The van der Waals surface area contributed by atoms with E-state index in [0.717, 1.165) is 0 Å². The van der Waals surface area contributed by atoms with Crippen molar-refractivity contribution >= 4 is 34.2 Å². The quantitative estimate of drug-likeness (QED) is 0.803. The Labute approximate surface area is 108 Å². The molecule has 1 aromatic heterocycles. The molecule has 17 heavy (non-hydrogen) atoms. The van der Waals surface area contributed by atoms with E-state index < -0.39 is 0 Å². The Balaban J connectivity index is 2.27. The fourth-order valence-electron chi connectivity index (χ4n) is 1.32. The van der Waals surface area contributed by atoms with Gasteiger partial charge in [-0.1, -0.05) is 23.2 Å². The smallest absolute Gasteiger partial charge is 0.167 e. The van der Waals surface area contributed by atoms with Gasteiger partial charge < -0.3 is 9.47 Å². The highest BCUT2D eigenvalue weighted by atomic mass is 35.5. The zero-order valence-electron chi connectivity index (χ0n) is 9.11. The van der Waals surface area contributed by atoms with Gasteiger partial charge in [0.15, 0.2) is 10.3 Å². The Morgan fingerprint density at radius 1 is 1.06 bits per heavy atom. The molecular weight excluding hydrogens is 263 g/mol. The number of ether oxygens (including phenoxy) is 2. The average molecular weight is 273 g/mol. The van der Waals surface area contributed by atoms with Crippen LogP contribution < -0.4 is 4.74 Å². The molecule has 0 bridgehead atoms. The fraction of sp³-hybridized carbons (Fsp3) is 0.273. The van der Waals surface area contributed by atoms with Crippen molar-refractivity contribution in [1.29, 1.82) is 0 Å². The molecule has 0 fully saturated rings. The molecule has 0 saturated heterocycles. The predicted octanol–water partition coefficient (Wildman–Crippen LogP) is 2.96. The Morgan fingerprint density at radius 3 is 2.47 bits per heavy atom. The number of fused-ring (bicyclic) bond motifs is 1. The molecule has 6 heteroatoms. The highest BCUT2D eigenvalue weighted by molar-refractivity contribution is 6.40. The number of benzene rings is 1. The van der Waals surface area contributed by atoms with Crippen LogP contribution in [-0.2, 0) is 4.74 Å². The zero-order valence-corrected chi connectivity index (χ0v) is 10.6. The molecule has 0 radical (unpaired) electrons. The molecule has 90 valence electrons.